The highest BCUT2D eigenvalue weighted by molar-refractivity contribution is 5.88. The van der Waals surface area contributed by atoms with E-state index in [2.05, 4.69) is 0 Å². The van der Waals surface area contributed by atoms with Gasteiger partial charge in [0.25, 0.3) is 0 Å². The number of ether oxygens (including phenoxy) is 1. The first-order valence-corrected chi connectivity index (χ1v) is 5.94. The molecule has 0 heterocycles. The number of carbonyl (C=O) groups is 1. The maximum atomic E-state index is 12.7. The maximum absolute atomic E-state index is 12.7. The van der Waals surface area contributed by atoms with E-state index in [1.165, 1.54) is 12.1 Å². The predicted octanol–water partition coefficient (Wildman–Crippen LogP) is 1.15. The highest BCUT2D eigenvalue weighted by Gasteiger charge is 2.47. The van der Waals surface area contributed by atoms with Crippen LogP contribution in [0.2, 0.25) is 0 Å². The average Bonchev–Trinajstić information content (AvgIpc) is 3.10. The summed E-state index contributed by atoms with van der Waals surface area (Å²) in [6.45, 7) is 0.832. The van der Waals surface area contributed by atoms with E-state index >= 15 is 0 Å². The fourth-order valence-electron chi connectivity index (χ4n) is 1.66. The molecule has 0 unspecified atom stereocenters. The van der Waals surface area contributed by atoms with Gasteiger partial charge in [-0.15, -0.1) is 0 Å². The summed E-state index contributed by atoms with van der Waals surface area (Å²) in [7, 11) is 1.71. The summed E-state index contributed by atoms with van der Waals surface area (Å²) in [5.41, 5.74) is 5.18. The van der Waals surface area contributed by atoms with Crippen LogP contribution in [-0.4, -0.2) is 36.5 Å². The third kappa shape index (κ3) is 2.98. The standard InChI is InChI=1S/C13H17FN2O2/c1-16(12(17)13(15)6-7-13)8-9-18-11-4-2-10(14)3-5-11/h2-5H,6-9,15H2,1H3. The minimum atomic E-state index is -0.634. The van der Waals surface area contributed by atoms with Crippen molar-refractivity contribution in [3.8, 4) is 5.75 Å². The normalized spacial score (nSPS) is 16.2. The molecule has 5 heteroatoms. The lowest BCUT2D eigenvalue weighted by Gasteiger charge is -2.20. The van der Waals surface area contributed by atoms with Crippen molar-refractivity contribution in [1.82, 2.24) is 4.90 Å². The van der Waals surface area contributed by atoms with Crippen molar-refractivity contribution in [3.63, 3.8) is 0 Å². The smallest absolute Gasteiger partial charge is 0.242 e. The Kier molecular flexibility index (Phi) is 3.52. The van der Waals surface area contributed by atoms with Crippen LogP contribution in [0, 0.1) is 5.82 Å². The molecular formula is C13H17FN2O2. The molecule has 0 aliphatic heterocycles. The van der Waals surface area contributed by atoms with Crippen molar-refractivity contribution >= 4 is 5.91 Å². The van der Waals surface area contributed by atoms with Crippen LogP contribution in [0.1, 0.15) is 12.8 Å². The Morgan fingerprint density at radius 1 is 1.44 bits per heavy atom. The molecule has 18 heavy (non-hydrogen) atoms. The van der Waals surface area contributed by atoms with E-state index < -0.39 is 5.54 Å². The number of benzene rings is 1. The number of amides is 1. The van der Waals surface area contributed by atoms with Gasteiger partial charge in [-0.3, -0.25) is 4.79 Å². The van der Waals surface area contributed by atoms with Gasteiger partial charge in [-0.05, 0) is 37.1 Å². The highest BCUT2D eigenvalue weighted by Crippen LogP contribution is 2.33. The van der Waals surface area contributed by atoms with Gasteiger partial charge in [-0.25, -0.2) is 4.39 Å². The van der Waals surface area contributed by atoms with Crippen molar-refractivity contribution < 1.29 is 13.9 Å². The van der Waals surface area contributed by atoms with Gasteiger partial charge in [0.2, 0.25) is 5.91 Å². The summed E-state index contributed by atoms with van der Waals surface area (Å²) < 4.78 is 18.1. The van der Waals surface area contributed by atoms with Crippen LogP contribution in [0.15, 0.2) is 24.3 Å². The summed E-state index contributed by atoms with van der Waals surface area (Å²) in [4.78, 5) is 13.4. The Hall–Kier alpha value is -1.62. The number of hydrogen-bond acceptors (Lipinski definition) is 3. The van der Waals surface area contributed by atoms with Crippen molar-refractivity contribution in [2.75, 3.05) is 20.2 Å². The molecule has 98 valence electrons. The van der Waals surface area contributed by atoms with E-state index in [1.54, 1.807) is 24.1 Å². The molecule has 4 nitrogen and oxygen atoms in total. The number of nitrogens with two attached hydrogens (primary N) is 1. The van der Waals surface area contributed by atoms with E-state index in [-0.39, 0.29) is 11.7 Å². The van der Waals surface area contributed by atoms with Gasteiger partial charge in [0, 0.05) is 7.05 Å². The minimum Gasteiger partial charge on any atom is -0.492 e. The van der Waals surface area contributed by atoms with E-state index in [9.17, 15) is 9.18 Å². The fraction of sp³-hybridized carbons (Fsp3) is 0.462. The number of carbonyl (C=O) groups excluding carboxylic acids is 1. The lowest BCUT2D eigenvalue weighted by Crippen LogP contribution is -2.45. The Labute approximate surface area is 106 Å². The Morgan fingerprint density at radius 3 is 2.61 bits per heavy atom. The van der Waals surface area contributed by atoms with E-state index in [0.29, 0.717) is 18.9 Å². The van der Waals surface area contributed by atoms with Gasteiger partial charge in [0.05, 0.1) is 12.1 Å². The van der Waals surface area contributed by atoms with E-state index in [0.717, 1.165) is 12.8 Å². The summed E-state index contributed by atoms with van der Waals surface area (Å²) >= 11 is 0. The van der Waals surface area contributed by atoms with Crippen LogP contribution in [-0.2, 0) is 4.79 Å². The second kappa shape index (κ2) is 4.94. The number of hydrogen-bond donors (Lipinski definition) is 1. The molecule has 0 aromatic heterocycles. The lowest BCUT2D eigenvalue weighted by atomic mass is 10.2. The van der Waals surface area contributed by atoms with Crippen LogP contribution >= 0.6 is 0 Å². The molecule has 1 aliphatic rings. The second-order valence-electron chi connectivity index (χ2n) is 4.69. The van der Waals surface area contributed by atoms with Crippen LogP contribution < -0.4 is 10.5 Å². The number of halogens is 1. The Morgan fingerprint density at radius 2 is 2.06 bits per heavy atom. The molecule has 1 amide bonds. The Bertz CT molecular complexity index is 429. The van der Waals surface area contributed by atoms with Crippen molar-refractivity contribution in [2.24, 2.45) is 5.73 Å². The van der Waals surface area contributed by atoms with Crippen LogP contribution in [0.25, 0.3) is 0 Å². The van der Waals surface area contributed by atoms with Gasteiger partial charge >= 0.3 is 0 Å². The third-order valence-corrected chi connectivity index (χ3v) is 3.07. The number of nitrogens with zero attached hydrogens (tertiary/aromatic N) is 1. The van der Waals surface area contributed by atoms with Crippen LogP contribution in [0.5, 0.6) is 5.75 Å². The largest absolute Gasteiger partial charge is 0.492 e. The van der Waals surface area contributed by atoms with Gasteiger partial charge in [0.1, 0.15) is 18.2 Å². The summed E-state index contributed by atoms with van der Waals surface area (Å²) in [5.74, 6) is 0.254. The molecule has 0 atom stereocenters. The van der Waals surface area contributed by atoms with Gasteiger partial charge < -0.3 is 15.4 Å². The third-order valence-electron chi connectivity index (χ3n) is 3.07. The predicted molar refractivity (Wildman–Crippen MR) is 65.7 cm³/mol. The fourth-order valence-corrected chi connectivity index (χ4v) is 1.66. The van der Waals surface area contributed by atoms with Crippen molar-refractivity contribution in [1.29, 1.82) is 0 Å². The zero-order valence-electron chi connectivity index (χ0n) is 10.4. The summed E-state index contributed by atoms with van der Waals surface area (Å²) in [6.07, 6.45) is 1.52. The molecule has 2 rings (SSSR count). The molecule has 1 aromatic rings. The molecule has 1 fully saturated rings. The molecule has 0 radical (unpaired) electrons. The van der Waals surface area contributed by atoms with Gasteiger partial charge in [0.15, 0.2) is 0 Å². The minimum absolute atomic E-state index is 0.0368. The number of rotatable bonds is 5. The first kappa shape index (κ1) is 12.8. The maximum Gasteiger partial charge on any atom is 0.242 e. The second-order valence-corrected chi connectivity index (χ2v) is 4.69. The first-order chi connectivity index (χ1) is 8.51. The zero-order valence-corrected chi connectivity index (χ0v) is 10.4. The van der Waals surface area contributed by atoms with Crippen molar-refractivity contribution in [3.05, 3.63) is 30.1 Å². The molecule has 0 bridgehead atoms. The topological polar surface area (TPSA) is 55.6 Å². The van der Waals surface area contributed by atoms with Gasteiger partial charge in [-0.2, -0.15) is 0 Å². The van der Waals surface area contributed by atoms with Crippen molar-refractivity contribution in [2.45, 2.75) is 18.4 Å². The quantitative estimate of drug-likeness (QED) is 0.855. The summed E-state index contributed by atoms with van der Waals surface area (Å²) in [5, 5.41) is 0. The SMILES string of the molecule is CN(CCOc1ccc(F)cc1)C(=O)C1(N)CC1. The molecule has 0 saturated heterocycles. The molecule has 2 N–H and O–H groups in total. The molecule has 1 aromatic carbocycles. The van der Waals surface area contributed by atoms with E-state index in [1.807, 2.05) is 0 Å². The lowest BCUT2D eigenvalue weighted by molar-refractivity contribution is -0.132. The zero-order chi connectivity index (χ0) is 13.2. The molecular weight excluding hydrogens is 235 g/mol. The summed E-state index contributed by atoms with van der Waals surface area (Å²) in [6, 6.07) is 5.79. The number of likely N-dealkylation sites (N-methyl/N-ethyl adjacent to an activating group) is 1. The monoisotopic (exact) mass is 252 g/mol. The van der Waals surface area contributed by atoms with Gasteiger partial charge in [-0.1, -0.05) is 0 Å². The Balaban J connectivity index is 1.75. The highest BCUT2D eigenvalue weighted by atomic mass is 19.1. The van der Waals surface area contributed by atoms with E-state index in [4.69, 9.17) is 10.5 Å². The molecule has 1 aliphatic carbocycles. The molecule has 0 spiro atoms. The van der Waals surface area contributed by atoms with Crippen LogP contribution in [0.4, 0.5) is 4.39 Å². The van der Waals surface area contributed by atoms with Crippen LogP contribution in [0.3, 0.4) is 0 Å². The first-order valence-electron chi connectivity index (χ1n) is 5.94. The average molecular weight is 252 g/mol. The molecule has 1 saturated carbocycles.